The number of aryl methyl sites for hydroxylation is 1. The molecule has 1 aliphatic rings. The number of nitrogens with zero attached hydrogens (tertiary/aromatic N) is 3. The van der Waals surface area contributed by atoms with Gasteiger partial charge >= 0.3 is 0 Å². The summed E-state index contributed by atoms with van der Waals surface area (Å²) >= 11 is 0. The van der Waals surface area contributed by atoms with Crippen molar-refractivity contribution in [1.29, 1.82) is 0 Å². The van der Waals surface area contributed by atoms with Gasteiger partial charge in [-0.1, -0.05) is 6.07 Å². The normalized spacial score (nSPS) is 18.1. The van der Waals surface area contributed by atoms with Gasteiger partial charge in [0.15, 0.2) is 0 Å². The van der Waals surface area contributed by atoms with Gasteiger partial charge in [0.2, 0.25) is 10.0 Å². The van der Waals surface area contributed by atoms with Crippen molar-refractivity contribution in [2.75, 3.05) is 13.6 Å². The molecule has 7 nitrogen and oxygen atoms in total. The van der Waals surface area contributed by atoms with Gasteiger partial charge in [0.05, 0.1) is 17.1 Å². The van der Waals surface area contributed by atoms with Crippen LogP contribution in [0.15, 0.2) is 41.6 Å². The molecule has 0 spiro atoms. The van der Waals surface area contributed by atoms with Crippen molar-refractivity contribution in [3.05, 3.63) is 47.8 Å². The molecule has 0 unspecified atom stereocenters. The summed E-state index contributed by atoms with van der Waals surface area (Å²) in [6.45, 7) is 0.654. The summed E-state index contributed by atoms with van der Waals surface area (Å²) in [5.41, 5.74) is 1.38. The zero-order chi connectivity index (χ0) is 17.3. The fourth-order valence-electron chi connectivity index (χ4n) is 3.05. The highest BCUT2D eigenvalue weighted by Gasteiger charge is 2.31. The monoisotopic (exact) mass is 348 g/mol. The summed E-state index contributed by atoms with van der Waals surface area (Å²) in [5.74, 6) is -0.158. The van der Waals surface area contributed by atoms with Crippen LogP contribution < -0.4 is 4.72 Å². The minimum Gasteiger partial charge on any atom is -0.331 e. The van der Waals surface area contributed by atoms with E-state index < -0.39 is 10.0 Å². The van der Waals surface area contributed by atoms with E-state index in [1.165, 1.54) is 19.2 Å². The van der Waals surface area contributed by atoms with Crippen LogP contribution in [0, 0.1) is 0 Å². The molecule has 0 bridgehead atoms. The van der Waals surface area contributed by atoms with Gasteiger partial charge in [0.25, 0.3) is 5.91 Å². The number of carbonyl (C=O) groups excluding carboxylic acids is 1. The number of aromatic nitrogens is 2. The number of hydrogen-bond acceptors (Lipinski definition) is 4. The Kier molecular flexibility index (Phi) is 4.42. The summed E-state index contributed by atoms with van der Waals surface area (Å²) in [6.07, 6.45) is 5.49. The van der Waals surface area contributed by atoms with Gasteiger partial charge in [0.1, 0.15) is 0 Å². The summed E-state index contributed by atoms with van der Waals surface area (Å²) in [7, 11) is -0.380. The first kappa shape index (κ1) is 16.7. The highest BCUT2D eigenvalue weighted by atomic mass is 32.2. The largest absolute Gasteiger partial charge is 0.331 e. The molecule has 1 atom stereocenters. The highest BCUT2D eigenvalue weighted by molar-refractivity contribution is 7.89. The Balaban J connectivity index is 1.90. The lowest BCUT2D eigenvalue weighted by atomic mass is 10.1. The summed E-state index contributed by atoms with van der Waals surface area (Å²) in [6, 6.07) is 6.12. The summed E-state index contributed by atoms with van der Waals surface area (Å²) < 4.78 is 27.9. The first-order chi connectivity index (χ1) is 11.4. The first-order valence-electron chi connectivity index (χ1n) is 7.75. The maximum absolute atomic E-state index is 12.9. The number of nitrogens with one attached hydrogen (secondary N) is 1. The van der Waals surface area contributed by atoms with E-state index in [0.717, 1.165) is 18.4 Å². The van der Waals surface area contributed by atoms with E-state index in [1.54, 1.807) is 27.9 Å². The SMILES string of the molecule is CNS(=O)(=O)c1cccc(C(=O)N2CCC[C@@H]2c2cnn(C)c2)c1. The average molecular weight is 348 g/mol. The van der Waals surface area contributed by atoms with E-state index >= 15 is 0 Å². The second-order valence-corrected chi connectivity index (χ2v) is 7.73. The molecule has 1 aromatic heterocycles. The highest BCUT2D eigenvalue weighted by Crippen LogP contribution is 2.33. The third kappa shape index (κ3) is 3.07. The minimum absolute atomic E-state index is 0.0178. The van der Waals surface area contributed by atoms with E-state index in [4.69, 9.17) is 0 Å². The molecular formula is C16H20N4O3S. The van der Waals surface area contributed by atoms with Gasteiger partial charge in [-0.3, -0.25) is 9.48 Å². The molecule has 0 aliphatic carbocycles. The number of likely N-dealkylation sites (tertiary alicyclic amines) is 1. The number of carbonyl (C=O) groups is 1. The second kappa shape index (κ2) is 6.37. The van der Waals surface area contributed by atoms with Crippen LogP contribution >= 0.6 is 0 Å². The predicted molar refractivity (Wildman–Crippen MR) is 88.9 cm³/mol. The van der Waals surface area contributed by atoms with Crippen LogP contribution in [0.5, 0.6) is 0 Å². The van der Waals surface area contributed by atoms with E-state index in [0.29, 0.717) is 12.1 Å². The Hall–Kier alpha value is -2.19. The predicted octanol–water partition coefficient (Wildman–Crippen LogP) is 1.31. The van der Waals surface area contributed by atoms with Crippen molar-refractivity contribution in [2.45, 2.75) is 23.8 Å². The van der Waals surface area contributed by atoms with Gasteiger partial charge in [-0.2, -0.15) is 5.10 Å². The zero-order valence-corrected chi connectivity index (χ0v) is 14.5. The average Bonchev–Trinajstić information content (AvgIpc) is 3.22. The number of hydrogen-bond donors (Lipinski definition) is 1. The lowest BCUT2D eigenvalue weighted by molar-refractivity contribution is 0.0735. The molecule has 1 N–H and O–H groups in total. The molecule has 1 saturated heterocycles. The third-order valence-corrected chi connectivity index (χ3v) is 5.70. The van der Waals surface area contributed by atoms with E-state index in [9.17, 15) is 13.2 Å². The lowest BCUT2D eigenvalue weighted by Gasteiger charge is -2.24. The third-order valence-electron chi connectivity index (χ3n) is 4.28. The Morgan fingerprint density at radius 1 is 1.38 bits per heavy atom. The van der Waals surface area contributed by atoms with Gasteiger partial charge in [-0.05, 0) is 38.1 Å². The zero-order valence-electron chi connectivity index (χ0n) is 13.6. The molecule has 3 rings (SSSR count). The second-order valence-electron chi connectivity index (χ2n) is 5.84. The van der Waals surface area contributed by atoms with Gasteiger partial charge in [0, 0.05) is 30.9 Å². The standard InChI is InChI=1S/C16H20N4O3S/c1-17-24(22,23)14-6-3-5-12(9-14)16(21)20-8-4-7-15(20)13-10-18-19(2)11-13/h3,5-6,9-11,15,17H,4,7-8H2,1-2H3/t15-/m1/s1. The number of rotatable bonds is 4. The number of amides is 1. The van der Waals surface area contributed by atoms with Crippen molar-refractivity contribution in [3.63, 3.8) is 0 Å². The summed E-state index contributed by atoms with van der Waals surface area (Å²) in [5, 5.41) is 4.18. The molecule has 1 amide bonds. The molecule has 1 aliphatic heterocycles. The van der Waals surface area contributed by atoms with Gasteiger partial charge < -0.3 is 4.90 Å². The Labute approximate surface area is 141 Å². The Morgan fingerprint density at radius 2 is 2.17 bits per heavy atom. The Bertz CT molecular complexity index is 860. The van der Waals surface area contributed by atoms with E-state index in [1.807, 2.05) is 13.2 Å². The van der Waals surface area contributed by atoms with Crippen LogP contribution in [-0.4, -0.2) is 42.6 Å². The van der Waals surface area contributed by atoms with Crippen LogP contribution in [0.2, 0.25) is 0 Å². The molecular weight excluding hydrogens is 328 g/mol. The maximum atomic E-state index is 12.9. The lowest BCUT2D eigenvalue weighted by Crippen LogP contribution is -2.30. The molecule has 0 radical (unpaired) electrons. The topological polar surface area (TPSA) is 84.3 Å². The molecule has 1 aromatic carbocycles. The van der Waals surface area contributed by atoms with Crippen LogP contribution in [0.1, 0.15) is 34.8 Å². The van der Waals surface area contributed by atoms with E-state index in [-0.39, 0.29) is 16.8 Å². The number of sulfonamides is 1. The maximum Gasteiger partial charge on any atom is 0.254 e. The quantitative estimate of drug-likeness (QED) is 0.903. The molecule has 8 heteroatoms. The van der Waals surface area contributed by atoms with Crippen LogP contribution in [0.3, 0.4) is 0 Å². The first-order valence-corrected chi connectivity index (χ1v) is 9.24. The smallest absolute Gasteiger partial charge is 0.254 e. The van der Waals surface area contributed by atoms with Gasteiger partial charge in [-0.25, -0.2) is 13.1 Å². The van der Waals surface area contributed by atoms with Crippen molar-refractivity contribution >= 4 is 15.9 Å². The van der Waals surface area contributed by atoms with Crippen molar-refractivity contribution < 1.29 is 13.2 Å². The Morgan fingerprint density at radius 3 is 2.83 bits per heavy atom. The fraction of sp³-hybridized carbons (Fsp3) is 0.375. The van der Waals surface area contributed by atoms with Crippen LogP contribution in [-0.2, 0) is 17.1 Å². The molecule has 1 fully saturated rings. The molecule has 2 aromatic rings. The van der Waals surface area contributed by atoms with Crippen molar-refractivity contribution in [3.8, 4) is 0 Å². The molecule has 0 saturated carbocycles. The van der Waals surface area contributed by atoms with Crippen molar-refractivity contribution in [2.24, 2.45) is 7.05 Å². The molecule has 24 heavy (non-hydrogen) atoms. The van der Waals surface area contributed by atoms with Gasteiger partial charge in [-0.15, -0.1) is 0 Å². The van der Waals surface area contributed by atoms with Crippen LogP contribution in [0.25, 0.3) is 0 Å². The number of benzene rings is 1. The minimum atomic E-state index is -3.57. The fourth-order valence-corrected chi connectivity index (χ4v) is 3.82. The van der Waals surface area contributed by atoms with E-state index in [2.05, 4.69) is 9.82 Å². The van der Waals surface area contributed by atoms with Crippen LogP contribution in [0.4, 0.5) is 0 Å². The summed E-state index contributed by atoms with van der Waals surface area (Å²) in [4.78, 5) is 14.8. The molecule has 128 valence electrons. The molecule has 2 heterocycles. The van der Waals surface area contributed by atoms with Crippen molar-refractivity contribution in [1.82, 2.24) is 19.4 Å².